The Balaban J connectivity index is 1.75. The average Bonchev–Trinajstić information content (AvgIpc) is 2.57. The van der Waals surface area contributed by atoms with Crippen molar-refractivity contribution in [2.75, 3.05) is 11.1 Å². The molecule has 0 radical (unpaired) electrons. The van der Waals surface area contributed by atoms with Crippen LogP contribution >= 0.6 is 34.4 Å². The van der Waals surface area contributed by atoms with Crippen molar-refractivity contribution < 1.29 is 4.79 Å². The summed E-state index contributed by atoms with van der Waals surface area (Å²) in [6.45, 7) is 0. The van der Waals surface area contributed by atoms with Gasteiger partial charge in [0.2, 0.25) is 5.91 Å². The summed E-state index contributed by atoms with van der Waals surface area (Å²) in [7, 11) is 1.67. The highest BCUT2D eigenvalue weighted by atomic mass is 127. The highest BCUT2D eigenvalue weighted by molar-refractivity contribution is 14.1. The van der Waals surface area contributed by atoms with Gasteiger partial charge in [0.1, 0.15) is 0 Å². The number of benzene rings is 2. The summed E-state index contributed by atoms with van der Waals surface area (Å²) in [5, 5.41) is 3.95. The average molecular weight is 451 g/mol. The Hall–Kier alpha value is -1.87. The highest BCUT2D eigenvalue weighted by Crippen LogP contribution is 2.18. The van der Waals surface area contributed by atoms with E-state index in [-0.39, 0.29) is 17.2 Å². The van der Waals surface area contributed by atoms with E-state index in [4.69, 9.17) is 0 Å². The smallest absolute Gasteiger partial charge is 0.261 e. The van der Waals surface area contributed by atoms with Crippen LogP contribution in [0.3, 0.4) is 0 Å². The number of para-hydroxylation sites is 1. The Bertz CT molecular complexity index is 971. The van der Waals surface area contributed by atoms with E-state index in [1.54, 1.807) is 19.2 Å². The molecule has 5 nitrogen and oxygen atoms in total. The van der Waals surface area contributed by atoms with Gasteiger partial charge in [-0.15, -0.1) is 0 Å². The van der Waals surface area contributed by atoms with E-state index in [9.17, 15) is 9.59 Å². The third-order valence-electron chi connectivity index (χ3n) is 3.38. The lowest BCUT2D eigenvalue weighted by Crippen LogP contribution is -2.21. The minimum absolute atomic E-state index is 0.110. The molecule has 1 heterocycles. The van der Waals surface area contributed by atoms with Gasteiger partial charge < -0.3 is 5.32 Å². The fourth-order valence-corrected chi connectivity index (χ4v) is 3.53. The van der Waals surface area contributed by atoms with Crippen LogP contribution in [0.25, 0.3) is 10.9 Å². The molecule has 1 amide bonds. The highest BCUT2D eigenvalue weighted by Gasteiger charge is 2.11. The summed E-state index contributed by atoms with van der Waals surface area (Å²) in [6, 6.07) is 14.8. The molecule has 1 N–H and O–H groups in total. The molecule has 0 atom stereocenters. The van der Waals surface area contributed by atoms with Gasteiger partial charge in [0, 0.05) is 16.3 Å². The van der Waals surface area contributed by atoms with Crippen molar-refractivity contribution in [3.63, 3.8) is 0 Å². The van der Waals surface area contributed by atoms with Crippen molar-refractivity contribution in [2.45, 2.75) is 5.16 Å². The van der Waals surface area contributed by atoms with Crippen LogP contribution in [-0.4, -0.2) is 21.2 Å². The number of nitrogens with zero attached hydrogens (tertiary/aromatic N) is 2. The molecule has 0 saturated heterocycles. The predicted molar refractivity (Wildman–Crippen MR) is 105 cm³/mol. The maximum atomic E-state index is 12.3. The summed E-state index contributed by atoms with van der Waals surface area (Å²) < 4.78 is 2.53. The van der Waals surface area contributed by atoms with Crippen molar-refractivity contribution in [1.29, 1.82) is 0 Å². The summed E-state index contributed by atoms with van der Waals surface area (Å²) in [5.74, 6) is 0.0498. The molecule has 122 valence electrons. The van der Waals surface area contributed by atoms with Crippen LogP contribution in [0.5, 0.6) is 0 Å². The first-order valence-corrected chi connectivity index (χ1v) is 9.25. The standard InChI is InChI=1S/C17H14IN3O2S/c1-21-16(23)13-7-2-3-8-14(13)20-17(21)24-10-15(22)19-12-6-4-5-11(18)9-12/h2-9H,10H2,1H3,(H,19,22). The second-order valence-corrected chi connectivity index (χ2v) is 7.31. The minimum Gasteiger partial charge on any atom is -0.325 e. The predicted octanol–water partition coefficient (Wildman–Crippen LogP) is 3.27. The molecule has 7 heteroatoms. The number of halogens is 1. The number of carbonyl (C=O) groups is 1. The number of nitrogens with one attached hydrogen (secondary N) is 1. The van der Waals surface area contributed by atoms with Gasteiger partial charge in [-0.2, -0.15) is 0 Å². The number of anilines is 1. The summed E-state index contributed by atoms with van der Waals surface area (Å²) in [4.78, 5) is 28.9. The molecule has 1 aromatic heterocycles. The van der Waals surface area contributed by atoms with E-state index in [0.29, 0.717) is 16.1 Å². The Kier molecular flexibility index (Phi) is 5.20. The Morgan fingerprint density at radius 3 is 2.83 bits per heavy atom. The van der Waals surface area contributed by atoms with Crippen LogP contribution in [0.1, 0.15) is 0 Å². The van der Waals surface area contributed by atoms with E-state index in [2.05, 4.69) is 32.9 Å². The zero-order valence-corrected chi connectivity index (χ0v) is 15.8. The zero-order chi connectivity index (χ0) is 17.1. The number of thioether (sulfide) groups is 1. The van der Waals surface area contributed by atoms with Gasteiger partial charge in [-0.05, 0) is 52.9 Å². The maximum absolute atomic E-state index is 12.3. The maximum Gasteiger partial charge on any atom is 0.261 e. The number of hydrogen-bond donors (Lipinski definition) is 1. The second kappa shape index (κ2) is 7.35. The number of amides is 1. The van der Waals surface area contributed by atoms with Gasteiger partial charge in [-0.3, -0.25) is 14.2 Å². The molecule has 0 unspecified atom stereocenters. The van der Waals surface area contributed by atoms with Crippen LogP contribution < -0.4 is 10.9 Å². The van der Waals surface area contributed by atoms with E-state index >= 15 is 0 Å². The third-order valence-corrected chi connectivity index (χ3v) is 5.08. The molecule has 0 aliphatic rings. The minimum atomic E-state index is -0.135. The molecule has 3 aromatic rings. The Morgan fingerprint density at radius 2 is 2.04 bits per heavy atom. The van der Waals surface area contributed by atoms with Gasteiger partial charge in [-0.1, -0.05) is 30.0 Å². The first-order chi connectivity index (χ1) is 11.5. The number of fused-ring (bicyclic) bond motifs is 1. The molecule has 3 rings (SSSR count). The third kappa shape index (κ3) is 3.78. The number of carbonyl (C=O) groups excluding carboxylic acids is 1. The molecule has 0 spiro atoms. The van der Waals surface area contributed by atoms with E-state index in [1.807, 2.05) is 36.4 Å². The summed E-state index contributed by atoms with van der Waals surface area (Å²) >= 11 is 3.44. The number of aromatic nitrogens is 2. The first kappa shape index (κ1) is 17.0. The van der Waals surface area contributed by atoms with E-state index < -0.39 is 0 Å². The van der Waals surface area contributed by atoms with Crippen molar-refractivity contribution in [3.05, 3.63) is 62.5 Å². The zero-order valence-electron chi connectivity index (χ0n) is 12.8. The lowest BCUT2D eigenvalue weighted by atomic mass is 10.2. The largest absolute Gasteiger partial charge is 0.325 e. The van der Waals surface area contributed by atoms with Gasteiger partial charge in [0.15, 0.2) is 5.16 Å². The molecule has 0 bridgehead atoms. The molecule has 0 fully saturated rings. The SMILES string of the molecule is Cn1c(SCC(=O)Nc2cccc(I)c2)nc2ccccc2c1=O. The fraction of sp³-hybridized carbons (Fsp3) is 0.118. The first-order valence-electron chi connectivity index (χ1n) is 7.18. The Morgan fingerprint density at radius 1 is 1.25 bits per heavy atom. The monoisotopic (exact) mass is 451 g/mol. The van der Waals surface area contributed by atoms with Crippen LogP contribution in [-0.2, 0) is 11.8 Å². The Labute approximate surface area is 156 Å². The molecule has 0 aliphatic carbocycles. The van der Waals surface area contributed by atoms with E-state index in [0.717, 1.165) is 9.26 Å². The van der Waals surface area contributed by atoms with Crippen molar-refractivity contribution in [2.24, 2.45) is 7.05 Å². The number of hydrogen-bond acceptors (Lipinski definition) is 4. The topological polar surface area (TPSA) is 64.0 Å². The van der Waals surface area contributed by atoms with E-state index in [1.165, 1.54) is 16.3 Å². The molecule has 0 saturated carbocycles. The van der Waals surface area contributed by atoms with Crippen LogP contribution in [0.2, 0.25) is 0 Å². The molecular weight excluding hydrogens is 437 g/mol. The van der Waals surface area contributed by atoms with Gasteiger partial charge in [0.05, 0.1) is 16.7 Å². The second-order valence-electron chi connectivity index (χ2n) is 5.12. The van der Waals surface area contributed by atoms with Crippen molar-refractivity contribution in [1.82, 2.24) is 9.55 Å². The summed E-state index contributed by atoms with van der Waals surface area (Å²) in [5.41, 5.74) is 1.29. The number of rotatable bonds is 4. The molecular formula is C17H14IN3O2S. The van der Waals surface area contributed by atoms with Gasteiger partial charge in [0.25, 0.3) is 5.56 Å². The molecule has 2 aromatic carbocycles. The molecule has 24 heavy (non-hydrogen) atoms. The van der Waals surface area contributed by atoms with Gasteiger partial charge >= 0.3 is 0 Å². The van der Waals surface area contributed by atoms with Crippen LogP contribution in [0.4, 0.5) is 5.69 Å². The van der Waals surface area contributed by atoms with Crippen LogP contribution in [0, 0.1) is 3.57 Å². The van der Waals surface area contributed by atoms with Gasteiger partial charge in [-0.25, -0.2) is 4.98 Å². The lowest BCUT2D eigenvalue weighted by molar-refractivity contribution is -0.113. The normalized spacial score (nSPS) is 10.8. The van der Waals surface area contributed by atoms with Crippen LogP contribution in [0.15, 0.2) is 58.5 Å². The quantitative estimate of drug-likeness (QED) is 0.376. The van der Waals surface area contributed by atoms with Crippen molar-refractivity contribution >= 4 is 56.9 Å². The summed E-state index contributed by atoms with van der Waals surface area (Å²) in [6.07, 6.45) is 0. The molecule has 0 aliphatic heterocycles. The van der Waals surface area contributed by atoms with Crippen molar-refractivity contribution in [3.8, 4) is 0 Å². The lowest BCUT2D eigenvalue weighted by Gasteiger charge is -2.09. The fourth-order valence-electron chi connectivity index (χ4n) is 2.22.